The van der Waals surface area contributed by atoms with E-state index in [-0.39, 0.29) is 4.90 Å². The van der Waals surface area contributed by atoms with E-state index in [1.54, 1.807) is 18.2 Å². The molecule has 2 aliphatic heterocycles. The standard InChI is InChI=1S/C10H8N2O4S/c13-8-10(12-9(14)11-8)5-17(15,16)7-4-2-1-3-6(7)10/h1-4H,5H2,(H2,11,12,13,14)/t10-/m1/s1. The minimum absolute atomic E-state index is 0.109. The third-order valence-corrected chi connectivity index (χ3v) is 4.87. The van der Waals surface area contributed by atoms with Crippen LogP contribution in [0.3, 0.4) is 0 Å². The Balaban J connectivity index is 2.31. The third-order valence-electron chi connectivity index (χ3n) is 3.03. The van der Waals surface area contributed by atoms with Crippen LogP contribution in [0.25, 0.3) is 0 Å². The maximum absolute atomic E-state index is 11.9. The smallest absolute Gasteiger partial charge is 0.318 e. The molecule has 1 fully saturated rings. The number of benzene rings is 1. The van der Waals surface area contributed by atoms with Gasteiger partial charge in [-0.15, -0.1) is 0 Å². The second-order valence-electron chi connectivity index (χ2n) is 4.07. The summed E-state index contributed by atoms with van der Waals surface area (Å²) in [7, 11) is -3.53. The summed E-state index contributed by atoms with van der Waals surface area (Å²) in [5, 5.41) is 4.49. The molecule has 7 heteroatoms. The van der Waals surface area contributed by atoms with Crippen molar-refractivity contribution in [3.8, 4) is 0 Å². The van der Waals surface area contributed by atoms with E-state index < -0.39 is 33.1 Å². The van der Waals surface area contributed by atoms with Crippen LogP contribution in [0.4, 0.5) is 4.79 Å². The van der Waals surface area contributed by atoms with E-state index in [1.165, 1.54) is 6.07 Å². The summed E-state index contributed by atoms with van der Waals surface area (Å²) in [4.78, 5) is 23.1. The minimum Gasteiger partial charge on any atom is -0.318 e. The first-order chi connectivity index (χ1) is 7.96. The monoisotopic (exact) mass is 252 g/mol. The Morgan fingerprint density at radius 1 is 1.18 bits per heavy atom. The van der Waals surface area contributed by atoms with Crippen LogP contribution in [0.2, 0.25) is 0 Å². The molecule has 1 aromatic carbocycles. The number of amides is 3. The summed E-state index contributed by atoms with van der Waals surface area (Å²) in [6, 6.07) is 5.55. The summed E-state index contributed by atoms with van der Waals surface area (Å²) in [6.45, 7) is 0. The van der Waals surface area contributed by atoms with Crippen molar-refractivity contribution in [1.29, 1.82) is 0 Å². The molecule has 1 aromatic rings. The van der Waals surface area contributed by atoms with Crippen LogP contribution in [0, 0.1) is 0 Å². The van der Waals surface area contributed by atoms with E-state index in [2.05, 4.69) is 10.6 Å². The van der Waals surface area contributed by atoms with E-state index in [4.69, 9.17) is 0 Å². The van der Waals surface area contributed by atoms with Crippen molar-refractivity contribution in [2.75, 3.05) is 5.75 Å². The van der Waals surface area contributed by atoms with Gasteiger partial charge < -0.3 is 5.32 Å². The topological polar surface area (TPSA) is 92.3 Å². The molecular formula is C10H8N2O4S. The van der Waals surface area contributed by atoms with Gasteiger partial charge in [-0.1, -0.05) is 18.2 Å². The third kappa shape index (κ3) is 1.17. The SMILES string of the molecule is O=C1NC(=O)[C@]2(CS(=O)(=O)c3ccccc32)N1. The lowest BCUT2D eigenvalue weighted by atomic mass is 9.92. The van der Waals surface area contributed by atoms with Gasteiger partial charge in [-0.3, -0.25) is 10.1 Å². The van der Waals surface area contributed by atoms with Crippen LogP contribution in [0.5, 0.6) is 0 Å². The largest absolute Gasteiger partial charge is 0.322 e. The van der Waals surface area contributed by atoms with Crippen molar-refractivity contribution in [3.63, 3.8) is 0 Å². The normalized spacial score (nSPS) is 28.9. The number of nitrogens with one attached hydrogen (secondary N) is 2. The molecule has 2 N–H and O–H groups in total. The highest BCUT2D eigenvalue weighted by atomic mass is 32.2. The van der Waals surface area contributed by atoms with E-state index in [0.29, 0.717) is 5.56 Å². The fourth-order valence-electron chi connectivity index (χ4n) is 2.31. The molecule has 0 saturated carbocycles. The van der Waals surface area contributed by atoms with Gasteiger partial charge in [0.25, 0.3) is 5.91 Å². The fraction of sp³-hybridized carbons (Fsp3) is 0.200. The number of hydrogen-bond donors (Lipinski definition) is 2. The van der Waals surface area contributed by atoms with Crippen molar-refractivity contribution in [3.05, 3.63) is 29.8 Å². The first kappa shape index (κ1) is 10.3. The number of sulfone groups is 1. The Morgan fingerprint density at radius 2 is 1.88 bits per heavy atom. The molecule has 0 radical (unpaired) electrons. The van der Waals surface area contributed by atoms with Gasteiger partial charge in [0.2, 0.25) is 0 Å². The molecule has 88 valence electrons. The lowest BCUT2D eigenvalue weighted by Crippen LogP contribution is -2.45. The highest BCUT2D eigenvalue weighted by molar-refractivity contribution is 7.91. The van der Waals surface area contributed by atoms with Crippen molar-refractivity contribution in [2.45, 2.75) is 10.4 Å². The van der Waals surface area contributed by atoms with Crippen LogP contribution >= 0.6 is 0 Å². The predicted octanol–water partition coefficient (Wildman–Crippen LogP) is -0.491. The van der Waals surface area contributed by atoms with Crippen molar-refractivity contribution < 1.29 is 18.0 Å². The Bertz CT molecular complexity index is 652. The second-order valence-corrected chi connectivity index (χ2v) is 6.03. The Morgan fingerprint density at radius 3 is 2.53 bits per heavy atom. The van der Waals surface area contributed by atoms with Crippen LogP contribution in [-0.2, 0) is 20.2 Å². The van der Waals surface area contributed by atoms with E-state index in [1.807, 2.05) is 0 Å². The zero-order valence-corrected chi connectivity index (χ0v) is 9.37. The van der Waals surface area contributed by atoms with E-state index in [9.17, 15) is 18.0 Å². The van der Waals surface area contributed by atoms with E-state index >= 15 is 0 Å². The van der Waals surface area contributed by atoms with Gasteiger partial charge >= 0.3 is 6.03 Å². The molecule has 2 aliphatic rings. The predicted molar refractivity (Wildman–Crippen MR) is 56.8 cm³/mol. The van der Waals surface area contributed by atoms with Gasteiger partial charge in [0, 0.05) is 5.56 Å². The maximum atomic E-state index is 11.9. The van der Waals surface area contributed by atoms with Gasteiger partial charge in [-0.2, -0.15) is 0 Å². The molecule has 2 heterocycles. The Kier molecular flexibility index (Phi) is 1.73. The number of carbonyl (C=O) groups is 2. The summed E-state index contributed by atoms with van der Waals surface area (Å²) < 4.78 is 23.9. The molecular weight excluding hydrogens is 244 g/mol. The van der Waals surface area contributed by atoms with Gasteiger partial charge in [-0.05, 0) is 6.07 Å². The summed E-state index contributed by atoms with van der Waals surface area (Å²) in [6.07, 6.45) is 0. The quantitative estimate of drug-likeness (QED) is 0.609. The lowest BCUT2D eigenvalue weighted by Gasteiger charge is -2.18. The van der Waals surface area contributed by atoms with Gasteiger partial charge in [-0.25, -0.2) is 13.2 Å². The molecule has 0 aromatic heterocycles. The first-order valence-electron chi connectivity index (χ1n) is 4.92. The fourth-order valence-corrected chi connectivity index (χ4v) is 4.26. The van der Waals surface area contributed by atoms with Crippen LogP contribution in [0.15, 0.2) is 29.2 Å². The molecule has 6 nitrogen and oxygen atoms in total. The molecule has 1 spiro atoms. The highest BCUT2D eigenvalue weighted by Crippen LogP contribution is 2.39. The molecule has 0 unspecified atom stereocenters. The Labute approximate surface area is 96.9 Å². The lowest BCUT2D eigenvalue weighted by molar-refractivity contribution is -0.123. The van der Waals surface area contributed by atoms with E-state index in [0.717, 1.165) is 0 Å². The zero-order valence-electron chi connectivity index (χ0n) is 8.56. The maximum Gasteiger partial charge on any atom is 0.322 e. The molecule has 17 heavy (non-hydrogen) atoms. The number of urea groups is 1. The number of hydrogen-bond acceptors (Lipinski definition) is 4. The van der Waals surface area contributed by atoms with Gasteiger partial charge in [0.15, 0.2) is 15.4 Å². The first-order valence-corrected chi connectivity index (χ1v) is 6.57. The van der Waals surface area contributed by atoms with Gasteiger partial charge in [0.1, 0.15) is 0 Å². The van der Waals surface area contributed by atoms with Crippen molar-refractivity contribution in [2.24, 2.45) is 0 Å². The molecule has 0 bridgehead atoms. The summed E-state index contributed by atoms with van der Waals surface area (Å²) in [5.74, 6) is -1.03. The van der Waals surface area contributed by atoms with Crippen molar-refractivity contribution in [1.82, 2.24) is 10.6 Å². The van der Waals surface area contributed by atoms with Crippen molar-refractivity contribution >= 4 is 21.8 Å². The van der Waals surface area contributed by atoms with Crippen LogP contribution in [-0.4, -0.2) is 26.1 Å². The van der Waals surface area contributed by atoms with Crippen LogP contribution in [0.1, 0.15) is 5.56 Å². The van der Waals surface area contributed by atoms with Crippen LogP contribution < -0.4 is 10.6 Å². The molecule has 1 atom stereocenters. The molecule has 1 saturated heterocycles. The Hall–Kier alpha value is -1.89. The molecule has 0 aliphatic carbocycles. The average Bonchev–Trinajstić information content (AvgIpc) is 2.65. The summed E-state index contributed by atoms with van der Waals surface area (Å²) >= 11 is 0. The van der Waals surface area contributed by atoms with Gasteiger partial charge in [0.05, 0.1) is 10.6 Å². The highest BCUT2D eigenvalue weighted by Gasteiger charge is 2.57. The number of carbonyl (C=O) groups excluding carboxylic acids is 2. The average molecular weight is 252 g/mol. The minimum atomic E-state index is -3.53. The molecule has 3 rings (SSSR count). The summed E-state index contributed by atoms with van der Waals surface area (Å²) in [5.41, 5.74) is -1.12. The number of rotatable bonds is 0. The number of imide groups is 1. The number of fused-ring (bicyclic) bond motifs is 2. The second kappa shape index (κ2) is 2.86. The molecule has 3 amide bonds. The zero-order chi connectivity index (χ0) is 12.3.